The molecule has 0 saturated carbocycles. The second-order valence-electron chi connectivity index (χ2n) is 13.2. The smallest absolute Gasteiger partial charge is 0.416 e. The van der Waals surface area contributed by atoms with Crippen LogP contribution in [0.2, 0.25) is 0 Å². The van der Waals surface area contributed by atoms with Crippen molar-refractivity contribution in [1.82, 2.24) is 9.80 Å². The van der Waals surface area contributed by atoms with Crippen molar-refractivity contribution in [3.8, 4) is 11.5 Å². The Morgan fingerprint density at radius 1 is 0.981 bits per heavy atom. The van der Waals surface area contributed by atoms with Crippen molar-refractivity contribution in [3.05, 3.63) is 77.9 Å². The molecule has 4 N–H and O–H groups in total. The van der Waals surface area contributed by atoms with Crippen molar-refractivity contribution in [2.75, 3.05) is 56.4 Å². The fraction of sp³-hybridized carbons (Fsp3) is 0.447. The van der Waals surface area contributed by atoms with E-state index in [9.17, 15) is 32.7 Å². The van der Waals surface area contributed by atoms with Gasteiger partial charge >= 0.3 is 18.2 Å². The lowest BCUT2D eigenvalue weighted by atomic mass is 10.0. The van der Waals surface area contributed by atoms with Gasteiger partial charge in [0.05, 0.1) is 43.1 Å². The van der Waals surface area contributed by atoms with Crippen molar-refractivity contribution in [2.24, 2.45) is 5.92 Å². The number of urea groups is 2. The lowest BCUT2D eigenvalue weighted by Gasteiger charge is -2.35. The Morgan fingerprint density at radius 3 is 2.25 bits per heavy atom. The predicted octanol–water partition coefficient (Wildman–Crippen LogP) is 7.32. The average Bonchev–Trinajstić information content (AvgIpc) is 3.12. The summed E-state index contributed by atoms with van der Waals surface area (Å²) in [5.74, 6) is 0.176. The van der Waals surface area contributed by atoms with E-state index in [0.717, 1.165) is 18.6 Å². The van der Waals surface area contributed by atoms with Crippen LogP contribution in [0.15, 0.2) is 66.7 Å². The molecule has 53 heavy (non-hydrogen) atoms. The van der Waals surface area contributed by atoms with Crippen LogP contribution < -0.4 is 25.4 Å². The van der Waals surface area contributed by atoms with Gasteiger partial charge in [0.15, 0.2) is 0 Å². The number of halogens is 3. The Kier molecular flexibility index (Phi) is 14.3. The molecule has 0 saturated heterocycles. The maximum atomic E-state index is 14.4. The SMILES string of the molecule is COc1ccc(NC(=O)Nc2ccc3c(c2)C(=O)N([C@@H](C)CO)C[C@@H](C)[C@H](CN(C)C(=O)Nc2ccc(C(F)(F)F)cc2)OCCCC[C@@H](C)O3)cc1. The third kappa shape index (κ3) is 11.7. The van der Waals surface area contributed by atoms with Gasteiger partial charge in [-0.2, -0.15) is 13.2 Å². The van der Waals surface area contributed by atoms with E-state index in [-0.39, 0.29) is 43.0 Å². The summed E-state index contributed by atoms with van der Waals surface area (Å²) in [6, 6.07) is 14.1. The van der Waals surface area contributed by atoms with Gasteiger partial charge < -0.3 is 45.1 Å². The predicted molar refractivity (Wildman–Crippen MR) is 196 cm³/mol. The van der Waals surface area contributed by atoms with E-state index < -0.39 is 41.9 Å². The highest BCUT2D eigenvalue weighted by Crippen LogP contribution is 2.31. The van der Waals surface area contributed by atoms with Crippen LogP contribution >= 0.6 is 0 Å². The van der Waals surface area contributed by atoms with Crippen molar-refractivity contribution in [3.63, 3.8) is 0 Å². The average molecular weight is 744 g/mol. The molecule has 5 amide bonds. The Morgan fingerprint density at radius 2 is 1.60 bits per heavy atom. The zero-order valence-electron chi connectivity index (χ0n) is 30.5. The molecule has 15 heteroatoms. The van der Waals surface area contributed by atoms with Crippen molar-refractivity contribution >= 4 is 35.0 Å². The Bertz CT molecular complexity index is 1670. The number of benzene rings is 3. The molecule has 1 aliphatic heterocycles. The number of alkyl halides is 3. The van der Waals surface area contributed by atoms with E-state index in [1.54, 1.807) is 63.5 Å². The molecule has 0 bridgehead atoms. The summed E-state index contributed by atoms with van der Waals surface area (Å²) in [5.41, 5.74) is 0.436. The van der Waals surface area contributed by atoms with E-state index in [2.05, 4.69) is 16.0 Å². The quantitative estimate of drug-likeness (QED) is 0.190. The summed E-state index contributed by atoms with van der Waals surface area (Å²) in [6.45, 7) is 5.77. The van der Waals surface area contributed by atoms with Gasteiger partial charge in [0.25, 0.3) is 5.91 Å². The first-order valence-corrected chi connectivity index (χ1v) is 17.4. The minimum Gasteiger partial charge on any atom is -0.497 e. The van der Waals surface area contributed by atoms with Crippen LogP contribution in [-0.4, -0.2) is 91.6 Å². The number of carbonyl (C=O) groups excluding carboxylic acids is 3. The number of rotatable bonds is 8. The van der Waals surface area contributed by atoms with Crippen molar-refractivity contribution in [2.45, 2.75) is 64.5 Å². The highest BCUT2D eigenvalue weighted by Gasteiger charge is 2.32. The van der Waals surface area contributed by atoms with Crippen LogP contribution in [0.5, 0.6) is 11.5 Å². The molecular weight excluding hydrogens is 695 g/mol. The fourth-order valence-electron chi connectivity index (χ4n) is 5.74. The van der Waals surface area contributed by atoms with Crippen molar-refractivity contribution < 1.29 is 46.9 Å². The van der Waals surface area contributed by atoms with Gasteiger partial charge in [0.2, 0.25) is 0 Å². The molecular formula is C38H48F3N5O7. The van der Waals surface area contributed by atoms with Gasteiger partial charge in [-0.25, -0.2) is 9.59 Å². The molecule has 3 aromatic carbocycles. The molecule has 4 atom stereocenters. The number of carbonyl (C=O) groups is 3. The van der Waals surface area contributed by atoms with Crippen molar-refractivity contribution in [1.29, 1.82) is 0 Å². The highest BCUT2D eigenvalue weighted by atomic mass is 19.4. The molecule has 0 fully saturated rings. The van der Waals surface area contributed by atoms with E-state index in [1.807, 2.05) is 13.8 Å². The number of aliphatic hydroxyl groups is 1. The standard InChI is InChI=1S/C38H48F3N5O7/c1-24-21-46(25(2)23-47)35(48)32-20-30(43-36(49)42-28-13-16-31(51-5)17-14-28)15-18-33(32)53-26(3)8-6-7-19-52-34(24)22-45(4)37(50)44-29-11-9-27(10-12-29)38(39,40)41/h9-18,20,24-26,34,47H,6-8,19,21-23H2,1-5H3,(H,44,50)(H2,42,43,49)/t24-,25+,26-,34+/m1/s1. The van der Waals surface area contributed by atoms with Gasteiger partial charge in [-0.05, 0) is 99.8 Å². The second-order valence-corrected chi connectivity index (χ2v) is 13.2. The first-order chi connectivity index (χ1) is 25.2. The summed E-state index contributed by atoms with van der Waals surface area (Å²) in [7, 11) is 3.10. The van der Waals surface area contributed by atoms with Gasteiger partial charge in [-0.3, -0.25) is 4.79 Å². The summed E-state index contributed by atoms with van der Waals surface area (Å²) >= 11 is 0. The largest absolute Gasteiger partial charge is 0.497 e. The molecule has 1 heterocycles. The number of hydrogen-bond acceptors (Lipinski definition) is 7. The van der Waals surface area contributed by atoms with Crippen LogP contribution in [0.3, 0.4) is 0 Å². The van der Waals surface area contributed by atoms with Crippen LogP contribution in [0.1, 0.15) is 56.0 Å². The summed E-state index contributed by atoms with van der Waals surface area (Å²) < 4.78 is 56.7. The first kappa shape index (κ1) is 40.7. The van der Waals surface area contributed by atoms with E-state index in [4.69, 9.17) is 14.2 Å². The van der Waals surface area contributed by atoms with E-state index >= 15 is 0 Å². The van der Waals surface area contributed by atoms with Gasteiger partial charge in [-0.1, -0.05) is 6.92 Å². The third-order valence-corrected chi connectivity index (χ3v) is 8.92. The monoisotopic (exact) mass is 743 g/mol. The molecule has 12 nitrogen and oxygen atoms in total. The van der Waals surface area contributed by atoms with Crippen LogP contribution in [0.25, 0.3) is 0 Å². The normalized spacial score (nSPS) is 19.2. The zero-order chi connectivity index (χ0) is 38.7. The lowest BCUT2D eigenvalue weighted by Crippen LogP contribution is -2.48. The summed E-state index contributed by atoms with van der Waals surface area (Å²) in [4.78, 5) is 43.3. The Hall–Kier alpha value is -5.02. The zero-order valence-corrected chi connectivity index (χ0v) is 30.5. The molecule has 4 rings (SSSR count). The number of nitrogens with zero attached hydrogens (tertiary/aromatic N) is 2. The summed E-state index contributed by atoms with van der Waals surface area (Å²) in [6.07, 6.45) is -3.19. The van der Waals surface area contributed by atoms with Gasteiger partial charge in [0, 0.05) is 49.7 Å². The number of anilines is 3. The number of nitrogens with one attached hydrogen (secondary N) is 3. The van der Waals surface area contributed by atoms with E-state index in [0.29, 0.717) is 42.3 Å². The molecule has 0 unspecified atom stereocenters. The maximum Gasteiger partial charge on any atom is 0.416 e. The second kappa shape index (κ2) is 18.6. The molecule has 0 aliphatic carbocycles. The molecule has 3 aromatic rings. The number of amides is 5. The topological polar surface area (TPSA) is 142 Å². The van der Waals surface area contributed by atoms with Gasteiger partial charge in [0.1, 0.15) is 11.5 Å². The number of fused-ring (bicyclic) bond motifs is 1. The van der Waals surface area contributed by atoms with Crippen LogP contribution in [-0.2, 0) is 10.9 Å². The number of methoxy groups -OCH3 is 1. The van der Waals surface area contributed by atoms with Crippen LogP contribution in [0, 0.1) is 5.92 Å². The molecule has 1 aliphatic rings. The third-order valence-electron chi connectivity index (χ3n) is 8.92. The highest BCUT2D eigenvalue weighted by molar-refractivity contribution is 6.02. The molecule has 0 radical (unpaired) electrons. The minimum atomic E-state index is -4.50. The molecule has 0 aromatic heterocycles. The Labute approximate surface area is 307 Å². The number of ether oxygens (including phenoxy) is 3. The first-order valence-electron chi connectivity index (χ1n) is 17.4. The number of hydrogen-bond donors (Lipinski definition) is 4. The number of likely N-dealkylation sites (N-methyl/N-ethyl adjacent to an activating group) is 1. The van der Waals surface area contributed by atoms with Crippen LogP contribution in [0.4, 0.5) is 39.8 Å². The molecule has 288 valence electrons. The van der Waals surface area contributed by atoms with Gasteiger partial charge in [-0.15, -0.1) is 0 Å². The lowest BCUT2D eigenvalue weighted by molar-refractivity contribution is -0.137. The number of aliphatic hydroxyl groups excluding tert-OH is 1. The van der Waals surface area contributed by atoms with E-state index in [1.165, 1.54) is 21.9 Å². The fourth-order valence-corrected chi connectivity index (χ4v) is 5.74. The molecule has 0 spiro atoms. The Balaban J connectivity index is 1.54. The maximum absolute atomic E-state index is 14.4. The minimum absolute atomic E-state index is 0.108. The summed E-state index contributed by atoms with van der Waals surface area (Å²) in [5, 5.41) is 18.4.